The smallest absolute Gasteiger partial charge is 0.245 e. The summed E-state index contributed by atoms with van der Waals surface area (Å²) in [7, 11) is 1.92. The number of aromatic nitrogens is 3. The van der Waals surface area contributed by atoms with Crippen molar-refractivity contribution in [2.24, 2.45) is 0 Å². The van der Waals surface area contributed by atoms with Crippen molar-refractivity contribution < 1.29 is 0 Å². The molecule has 1 heterocycles. The first-order chi connectivity index (χ1) is 7.22. The minimum absolute atomic E-state index is 0.566. The zero-order chi connectivity index (χ0) is 11.3. The summed E-state index contributed by atoms with van der Waals surface area (Å²) >= 11 is 5.66. The van der Waals surface area contributed by atoms with Gasteiger partial charge in [-0.15, -0.1) is 16.7 Å². The number of anilines is 1. The van der Waals surface area contributed by atoms with E-state index in [2.05, 4.69) is 29.0 Å². The van der Waals surface area contributed by atoms with Gasteiger partial charge < -0.3 is 4.90 Å². The highest BCUT2D eigenvalue weighted by Gasteiger charge is 2.08. The first kappa shape index (κ1) is 12.2. The van der Waals surface area contributed by atoms with Gasteiger partial charge in [0.15, 0.2) is 0 Å². The largest absolute Gasteiger partial charge is 0.341 e. The van der Waals surface area contributed by atoms with Crippen molar-refractivity contribution in [1.82, 2.24) is 15.2 Å². The molecular weight excluding hydrogens is 212 g/mol. The van der Waals surface area contributed by atoms with Gasteiger partial charge in [0, 0.05) is 19.5 Å². The van der Waals surface area contributed by atoms with Crippen LogP contribution in [0.1, 0.15) is 25.2 Å². The molecule has 0 aliphatic heterocycles. The van der Waals surface area contributed by atoms with E-state index < -0.39 is 0 Å². The zero-order valence-electron chi connectivity index (χ0n) is 9.50. The van der Waals surface area contributed by atoms with Crippen molar-refractivity contribution in [2.45, 2.75) is 26.7 Å². The lowest BCUT2D eigenvalue weighted by atomic mass is 10.2. The molecule has 15 heavy (non-hydrogen) atoms. The number of halogens is 1. The van der Waals surface area contributed by atoms with Gasteiger partial charge >= 0.3 is 0 Å². The maximum atomic E-state index is 5.66. The van der Waals surface area contributed by atoms with Crippen molar-refractivity contribution in [2.75, 3.05) is 24.4 Å². The standard InChI is InChI=1S/C10H17ClN4/c1-4-8-9(5-2)13-14-10(12-8)15(3)7-6-11/h4-7H2,1-3H3. The maximum Gasteiger partial charge on any atom is 0.245 e. The number of hydrogen-bond donors (Lipinski definition) is 0. The van der Waals surface area contributed by atoms with E-state index in [4.69, 9.17) is 11.6 Å². The molecule has 0 bridgehead atoms. The van der Waals surface area contributed by atoms with Crippen LogP contribution in [0.5, 0.6) is 0 Å². The minimum atomic E-state index is 0.566. The summed E-state index contributed by atoms with van der Waals surface area (Å²) in [6.07, 6.45) is 1.77. The van der Waals surface area contributed by atoms with Gasteiger partial charge in [0.05, 0.1) is 11.4 Å². The molecule has 0 aliphatic carbocycles. The van der Waals surface area contributed by atoms with Gasteiger partial charge in [-0.1, -0.05) is 13.8 Å². The number of hydrogen-bond acceptors (Lipinski definition) is 4. The number of alkyl halides is 1. The maximum absolute atomic E-state index is 5.66. The summed E-state index contributed by atoms with van der Waals surface area (Å²) in [4.78, 5) is 6.39. The van der Waals surface area contributed by atoms with E-state index in [0.29, 0.717) is 11.8 Å². The topological polar surface area (TPSA) is 41.9 Å². The summed E-state index contributed by atoms with van der Waals surface area (Å²) in [5.74, 6) is 1.22. The molecule has 0 amide bonds. The average Bonchev–Trinajstić information content (AvgIpc) is 2.28. The van der Waals surface area contributed by atoms with Crippen molar-refractivity contribution in [3.05, 3.63) is 11.4 Å². The lowest BCUT2D eigenvalue weighted by molar-refractivity contribution is 0.784. The Morgan fingerprint density at radius 3 is 2.33 bits per heavy atom. The number of nitrogens with zero attached hydrogens (tertiary/aromatic N) is 4. The summed E-state index contributed by atoms with van der Waals surface area (Å²) in [6, 6.07) is 0. The van der Waals surface area contributed by atoms with Gasteiger partial charge in [0.2, 0.25) is 5.95 Å². The first-order valence-electron chi connectivity index (χ1n) is 5.22. The summed E-state index contributed by atoms with van der Waals surface area (Å²) in [6.45, 7) is 4.87. The Morgan fingerprint density at radius 1 is 1.13 bits per heavy atom. The molecule has 0 spiro atoms. The van der Waals surface area contributed by atoms with Gasteiger partial charge in [0.1, 0.15) is 0 Å². The van der Waals surface area contributed by atoms with Crippen LogP contribution in [-0.2, 0) is 12.8 Å². The molecule has 0 aliphatic rings. The van der Waals surface area contributed by atoms with E-state index in [0.717, 1.165) is 30.8 Å². The number of rotatable bonds is 5. The van der Waals surface area contributed by atoms with Gasteiger partial charge in [-0.05, 0) is 12.8 Å². The second kappa shape index (κ2) is 5.85. The van der Waals surface area contributed by atoms with Gasteiger partial charge in [0.25, 0.3) is 0 Å². The Hall–Kier alpha value is -0.900. The Morgan fingerprint density at radius 2 is 1.80 bits per heavy atom. The predicted octanol–water partition coefficient (Wildman–Crippen LogP) is 1.67. The molecule has 0 fully saturated rings. The monoisotopic (exact) mass is 228 g/mol. The highest BCUT2D eigenvalue weighted by atomic mass is 35.5. The third kappa shape index (κ3) is 3.02. The van der Waals surface area contributed by atoms with Crippen molar-refractivity contribution in [1.29, 1.82) is 0 Å². The fourth-order valence-corrected chi connectivity index (χ4v) is 1.57. The summed E-state index contributed by atoms with van der Waals surface area (Å²) in [5.41, 5.74) is 2.02. The van der Waals surface area contributed by atoms with E-state index in [9.17, 15) is 0 Å². The molecule has 1 aromatic heterocycles. The van der Waals surface area contributed by atoms with Crippen molar-refractivity contribution in [3.8, 4) is 0 Å². The van der Waals surface area contributed by atoms with E-state index >= 15 is 0 Å². The molecule has 5 heteroatoms. The fraction of sp³-hybridized carbons (Fsp3) is 0.700. The second-order valence-electron chi connectivity index (χ2n) is 3.32. The third-order valence-electron chi connectivity index (χ3n) is 2.26. The van der Waals surface area contributed by atoms with Crippen LogP contribution in [0.4, 0.5) is 5.95 Å². The molecule has 0 unspecified atom stereocenters. The third-order valence-corrected chi connectivity index (χ3v) is 2.43. The van der Waals surface area contributed by atoms with E-state index in [1.807, 2.05) is 11.9 Å². The van der Waals surface area contributed by atoms with Gasteiger partial charge in [-0.25, -0.2) is 4.98 Å². The molecule has 1 rings (SSSR count). The van der Waals surface area contributed by atoms with Gasteiger partial charge in [-0.2, -0.15) is 5.10 Å². The lowest BCUT2D eigenvalue weighted by Gasteiger charge is -2.15. The van der Waals surface area contributed by atoms with Crippen LogP contribution < -0.4 is 4.90 Å². The van der Waals surface area contributed by atoms with E-state index in [-0.39, 0.29) is 0 Å². The van der Waals surface area contributed by atoms with Crippen molar-refractivity contribution in [3.63, 3.8) is 0 Å². The molecule has 84 valence electrons. The van der Waals surface area contributed by atoms with Crippen LogP contribution in [-0.4, -0.2) is 34.7 Å². The predicted molar refractivity (Wildman–Crippen MR) is 62.6 cm³/mol. The van der Waals surface area contributed by atoms with Crippen LogP contribution in [0.25, 0.3) is 0 Å². The average molecular weight is 229 g/mol. The molecule has 0 aromatic carbocycles. The van der Waals surface area contributed by atoms with Crippen LogP contribution >= 0.6 is 11.6 Å². The normalized spacial score (nSPS) is 10.4. The molecule has 1 aromatic rings. The number of aryl methyl sites for hydroxylation is 2. The first-order valence-corrected chi connectivity index (χ1v) is 5.75. The molecule has 0 saturated carbocycles. The molecular formula is C10H17ClN4. The fourth-order valence-electron chi connectivity index (χ4n) is 1.32. The van der Waals surface area contributed by atoms with E-state index in [1.54, 1.807) is 0 Å². The lowest BCUT2D eigenvalue weighted by Crippen LogP contribution is -2.23. The Kier molecular flexibility index (Phi) is 4.75. The van der Waals surface area contributed by atoms with E-state index in [1.165, 1.54) is 0 Å². The van der Waals surface area contributed by atoms with Gasteiger partial charge in [-0.3, -0.25) is 0 Å². The Labute approximate surface area is 95.7 Å². The van der Waals surface area contributed by atoms with Crippen LogP contribution in [0.2, 0.25) is 0 Å². The molecule has 0 atom stereocenters. The van der Waals surface area contributed by atoms with Crippen LogP contribution in [0.15, 0.2) is 0 Å². The van der Waals surface area contributed by atoms with Crippen LogP contribution in [0, 0.1) is 0 Å². The highest BCUT2D eigenvalue weighted by molar-refractivity contribution is 6.18. The molecule has 4 nitrogen and oxygen atoms in total. The molecule has 0 radical (unpaired) electrons. The quantitative estimate of drug-likeness (QED) is 0.719. The SMILES string of the molecule is CCc1nnc(N(C)CCCl)nc1CC. The summed E-state index contributed by atoms with van der Waals surface area (Å²) in [5, 5.41) is 8.26. The molecule has 0 N–H and O–H groups in total. The zero-order valence-corrected chi connectivity index (χ0v) is 10.3. The minimum Gasteiger partial charge on any atom is -0.341 e. The summed E-state index contributed by atoms with van der Waals surface area (Å²) < 4.78 is 0. The second-order valence-corrected chi connectivity index (χ2v) is 3.70. The highest BCUT2D eigenvalue weighted by Crippen LogP contribution is 2.09. The Bertz CT molecular complexity index is 316. The Balaban J connectivity index is 2.92. The van der Waals surface area contributed by atoms with Crippen molar-refractivity contribution >= 4 is 17.5 Å². The van der Waals surface area contributed by atoms with Crippen LogP contribution in [0.3, 0.4) is 0 Å². The molecule has 0 saturated heterocycles.